The number of allylic oxidation sites excluding steroid dienone is 6. The van der Waals surface area contributed by atoms with Crippen LogP contribution in [0.25, 0.3) is 11.1 Å². The van der Waals surface area contributed by atoms with Crippen LogP contribution in [-0.2, 0) is 0 Å². The van der Waals surface area contributed by atoms with Crippen molar-refractivity contribution in [3.8, 4) is 30.3 Å². The molecule has 0 aliphatic heterocycles. The molecule has 0 saturated heterocycles. The van der Waals surface area contributed by atoms with E-state index in [-0.39, 0.29) is 0 Å². The van der Waals surface area contributed by atoms with Gasteiger partial charge in [0, 0.05) is 39.6 Å². The van der Waals surface area contributed by atoms with Gasteiger partial charge in [-0.1, -0.05) is 0 Å². The first-order valence-corrected chi connectivity index (χ1v) is 10.6. The first-order valence-electron chi connectivity index (χ1n) is 9.99. The second-order valence-electron chi connectivity index (χ2n) is 7.37. The molecule has 1 aliphatic carbocycles. The highest BCUT2D eigenvalue weighted by atomic mass is 31.0. The fraction of sp³-hybridized carbons (Fsp3) is 0.0800. The van der Waals surface area contributed by atoms with Gasteiger partial charge in [-0.2, -0.15) is 26.3 Å². The lowest BCUT2D eigenvalue weighted by molar-refractivity contribution is 0.447. The zero-order chi connectivity index (χ0) is 28.5. The number of halogens is 7. The van der Waals surface area contributed by atoms with E-state index in [1.54, 1.807) is 15.3 Å². The number of nitriles is 5. The van der Waals surface area contributed by atoms with Crippen molar-refractivity contribution in [1.29, 1.82) is 26.3 Å². The van der Waals surface area contributed by atoms with E-state index >= 15 is 0 Å². The molecule has 0 amide bonds. The predicted molar refractivity (Wildman–Crippen MR) is 120 cm³/mol. The molecule has 2 aromatic carbocycles. The summed E-state index contributed by atoms with van der Waals surface area (Å²) in [6, 6.07) is 7.19. The summed E-state index contributed by atoms with van der Waals surface area (Å²) in [6.45, 7) is -1.16. The summed E-state index contributed by atoms with van der Waals surface area (Å²) < 4.78 is 101. The summed E-state index contributed by atoms with van der Waals surface area (Å²) in [5.74, 6) is -11.1. The Bertz CT molecular complexity index is 1720. The second-order valence-corrected chi connectivity index (χ2v) is 7.94. The van der Waals surface area contributed by atoms with Gasteiger partial charge in [0.25, 0.3) is 0 Å². The first kappa shape index (κ1) is 27.6. The number of hydrogen-bond donors (Lipinski definition) is 0. The molecule has 5 nitrogen and oxygen atoms in total. The number of alkyl halides is 1. The fourth-order valence-electron chi connectivity index (χ4n) is 3.72. The number of benzene rings is 2. The van der Waals surface area contributed by atoms with E-state index in [2.05, 4.69) is 0 Å². The van der Waals surface area contributed by atoms with E-state index in [0.29, 0.717) is 6.07 Å². The Kier molecular flexibility index (Phi) is 7.69. The molecule has 2 aromatic rings. The van der Waals surface area contributed by atoms with Gasteiger partial charge in [-0.25, -0.2) is 26.3 Å². The summed E-state index contributed by atoms with van der Waals surface area (Å²) in [5.41, 5.74) is -8.79. The molecule has 0 radical (unpaired) electrons. The zero-order valence-corrected chi connectivity index (χ0v) is 19.6. The highest BCUT2D eigenvalue weighted by Crippen LogP contribution is 2.55. The molecular weight excluding hydrogens is 534 g/mol. The van der Waals surface area contributed by atoms with Gasteiger partial charge in [0.05, 0.1) is 35.0 Å². The summed E-state index contributed by atoms with van der Waals surface area (Å²) in [6.07, 6.45) is -0.644. The van der Waals surface area contributed by atoms with Gasteiger partial charge in [-0.3, -0.25) is 4.39 Å². The molecule has 1 fully saturated rings. The maximum atomic E-state index is 14.9. The molecule has 13 heteroatoms. The van der Waals surface area contributed by atoms with Crippen LogP contribution in [0.1, 0.15) is 28.7 Å². The van der Waals surface area contributed by atoms with Crippen molar-refractivity contribution in [1.82, 2.24) is 0 Å². The number of nitrogens with zero attached hydrogens (tertiary/aromatic N) is 5. The van der Waals surface area contributed by atoms with Crippen molar-refractivity contribution in [2.75, 3.05) is 6.67 Å². The Balaban J connectivity index is 2.58. The van der Waals surface area contributed by atoms with Crippen LogP contribution in [0.3, 0.4) is 0 Å². The van der Waals surface area contributed by atoms with Gasteiger partial charge < -0.3 is 0 Å². The normalized spacial score (nSPS) is 15.9. The third-order valence-corrected chi connectivity index (χ3v) is 5.98. The lowest BCUT2D eigenvalue weighted by Crippen LogP contribution is -2.11. The summed E-state index contributed by atoms with van der Waals surface area (Å²) >= 11 is 0. The molecule has 0 spiro atoms. The summed E-state index contributed by atoms with van der Waals surface area (Å²) in [4.78, 5) is 0. The minimum Gasteiger partial charge on any atom is -0.251 e. The first-order chi connectivity index (χ1) is 18.1. The average Bonchev–Trinajstić information content (AvgIpc) is 3.62. The maximum absolute atomic E-state index is 14.9. The van der Waals surface area contributed by atoms with Gasteiger partial charge >= 0.3 is 0 Å². The van der Waals surface area contributed by atoms with Gasteiger partial charge in [-0.05, 0) is 6.07 Å². The molecule has 1 unspecified atom stereocenters. The van der Waals surface area contributed by atoms with Crippen molar-refractivity contribution in [2.24, 2.45) is 0 Å². The molecule has 38 heavy (non-hydrogen) atoms. The molecule has 0 aromatic heterocycles. The SMILES string of the molecule is N#CC(CCF)=C1C(=C(C#N)c2c(F)c(F)c(C#N)c(F)c2F)C1=C(C#N)c1c(F)cc(C#N)c(F)c1P. The molecule has 1 saturated carbocycles. The number of rotatable bonds is 4. The second kappa shape index (κ2) is 10.6. The van der Waals surface area contributed by atoms with Gasteiger partial charge in [0.1, 0.15) is 41.5 Å². The van der Waals surface area contributed by atoms with Crippen molar-refractivity contribution in [3.63, 3.8) is 0 Å². The van der Waals surface area contributed by atoms with E-state index < -0.39 is 109 Å². The average molecular weight is 541 g/mol. The quantitative estimate of drug-likeness (QED) is 0.228. The highest BCUT2D eigenvalue weighted by molar-refractivity contribution is 7.27. The smallest absolute Gasteiger partial charge is 0.180 e. The van der Waals surface area contributed by atoms with Crippen molar-refractivity contribution in [3.05, 3.63) is 85.5 Å². The zero-order valence-electron chi connectivity index (χ0n) is 18.5. The predicted octanol–water partition coefficient (Wildman–Crippen LogP) is 5.21. The highest BCUT2D eigenvalue weighted by Gasteiger charge is 2.43. The Hall–Kier alpha value is -4.95. The van der Waals surface area contributed by atoms with Crippen molar-refractivity contribution in [2.45, 2.75) is 6.42 Å². The Morgan fingerprint density at radius 2 is 1.21 bits per heavy atom. The lowest BCUT2D eigenvalue weighted by Gasteiger charge is -2.08. The molecular formula is C25H7F7N5P. The van der Waals surface area contributed by atoms with Gasteiger partial charge in [0.2, 0.25) is 0 Å². The molecule has 186 valence electrons. The molecule has 0 N–H and O–H groups in total. The standard InChI is InChI=1S/C25H7F7N5P/c26-2-1-9(4-33)15-17(11(6-35)16-14(27)3-10(5-34)20(28)25(16)38)18(15)12(7-36)19-23(31)21(29)13(8-37)22(30)24(19)32/h3H,1-2,38H2. The molecule has 1 atom stereocenters. The van der Waals surface area contributed by atoms with Crippen molar-refractivity contribution < 1.29 is 30.7 Å². The topological polar surface area (TPSA) is 119 Å². The molecule has 0 heterocycles. The molecule has 3 rings (SSSR count). The third-order valence-electron chi connectivity index (χ3n) is 5.44. The van der Waals surface area contributed by atoms with Crippen LogP contribution in [0.4, 0.5) is 30.7 Å². The molecule has 1 aliphatic rings. The maximum Gasteiger partial charge on any atom is 0.180 e. The van der Waals surface area contributed by atoms with Crippen LogP contribution >= 0.6 is 9.24 Å². The third kappa shape index (κ3) is 4.16. The monoisotopic (exact) mass is 541 g/mol. The van der Waals surface area contributed by atoms with E-state index in [0.717, 1.165) is 6.07 Å². The fourth-order valence-corrected chi connectivity index (χ4v) is 4.16. The van der Waals surface area contributed by atoms with E-state index in [1.807, 2.05) is 0 Å². The lowest BCUT2D eigenvalue weighted by atomic mass is 9.99. The minimum absolute atomic E-state index is 0.448. The Morgan fingerprint density at radius 1 is 0.684 bits per heavy atom. The summed E-state index contributed by atoms with van der Waals surface area (Å²) in [5, 5.41) is 46.1. The van der Waals surface area contributed by atoms with Crippen LogP contribution in [0.2, 0.25) is 0 Å². The minimum atomic E-state index is -2.15. The molecule has 0 bridgehead atoms. The Morgan fingerprint density at radius 3 is 1.63 bits per heavy atom. The van der Waals surface area contributed by atoms with Crippen LogP contribution in [-0.4, -0.2) is 6.67 Å². The van der Waals surface area contributed by atoms with Crippen LogP contribution in [0, 0.1) is 91.6 Å². The Labute approximate surface area is 212 Å². The van der Waals surface area contributed by atoms with Crippen LogP contribution in [0.5, 0.6) is 0 Å². The largest absolute Gasteiger partial charge is 0.251 e. The van der Waals surface area contributed by atoms with Gasteiger partial charge in [-0.15, -0.1) is 9.24 Å². The summed E-state index contributed by atoms with van der Waals surface area (Å²) in [7, 11) is 1.77. The van der Waals surface area contributed by atoms with Gasteiger partial charge in [0.15, 0.2) is 23.3 Å². The van der Waals surface area contributed by atoms with Crippen LogP contribution in [0.15, 0.2) is 28.4 Å². The van der Waals surface area contributed by atoms with E-state index in [1.165, 1.54) is 18.2 Å². The van der Waals surface area contributed by atoms with Crippen molar-refractivity contribution >= 4 is 25.7 Å². The van der Waals surface area contributed by atoms with E-state index in [9.17, 15) is 46.5 Å². The van der Waals surface area contributed by atoms with Crippen LogP contribution < -0.4 is 5.30 Å². The number of hydrogen-bond acceptors (Lipinski definition) is 5. The van der Waals surface area contributed by atoms with E-state index in [4.69, 9.17) is 10.5 Å².